The molecular weight excluding hydrogens is 242 g/mol. The summed E-state index contributed by atoms with van der Waals surface area (Å²) in [5, 5.41) is 9.45. The van der Waals surface area contributed by atoms with E-state index in [1.807, 2.05) is 0 Å². The minimum atomic E-state index is -0.906. The zero-order valence-corrected chi connectivity index (χ0v) is 9.23. The van der Waals surface area contributed by atoms with Crippen LogP contribution in [0.5, 0.6) is 0 Å². The van der Waals surface area contributed by atoms with E-state index in [-0.39, 0.29) is 0 Å². The van der Waals surface area contributed by atoms with Gasteiger partial charge in [-0.25, -0.2) is 0 Å². The molecule has 0 amide bonds. The van der Waals surface area contributed by atoms with Crippen LogP contribution in [0.1, 0.15) is 12.8 Å². The van der Waals surface area contributed by atoms with Crippen molar-refractivity contribution in [3.63, 3.8) is 0 Å². The highest BCUT2D eigenvalue weighted by Gasteiger charge is 2.09. The molecule has 0 aliphatic carbocycles. The highest BCUT2D eigenvalue weighted by atomic mass is 79.9. The van der Waals surface area contributed by atoms with Gasteiger partial charge in [0.25, 0.3) is 0 Å². The Bertz CT molecular complexity index is 135. The van der Waals surface area contributed by atoms with Gasteiger partial charge in [0.1, 0.15) is 6.04 Å². The van der Waals surface area contributed by atoms with Crippen molar-refractivity contribution in [2.24, 2.45) is 5.73 Å². The molecule has 0 aliphatic heterocycles. The minimum Gasteiger partial charge on any atom is -0.480 e. The predicted molar refractivity (Wildman–Crippen MR) is 56.0 cm³/mol. The molecule has 0 aromatic rings. The SMILES string of the molecule is NC(CCSCCCBr)C(=O)O. The number of carbonyl (C=O) groups is 1. The molecule has 0 saturated heterocycles. The first-order chi connectivity index (χ1) is 5.68. The molecule has 1 atom stereocenters. The maximum atomic E-state index is 10.3. The smallest absolute Gasteiger partial charge is 0.320 e. The third-order valence-electron chi connectivity index (χ3n) is 1.31. The predicted octanol–water partition coefficient (Wildman–Crippen LogP) is 1.31. The number of alkyl halides is 1. The first-order valence-electron chi connectivity index (χ1n) is 3.80. The molecule has 3 nitrogen and oxygen atoms in total. The van der Waals surface area contributed by atoms with Crippen molar-refractivity contribution in [1.29, 1.82) is 0 Å². The van der Waals surface area contributed by atoms with Crippen molar-refractivity contribution in [2.45, 2.75) is 18.9 Å². The van der Waals surface area contributed by atoms with E-state index in [1.165, 1.54) is 0 Å². The first-order valence-corrected chi connectivity index (χ1v) is 6.08. The van der Waals surface area contributed by atoms with Crippen molar-refractivity contribution in [3.05, 3.63) is 0 Å². The van der Waals surface area contributed by atoms with E-state index in [1.54, 1.807) is 11.8 Å². The minimum absolute atomic E-state index is 0.558. The fourth-order valence-electron chi connectivity index (χ4n) is 0.592. The third kappa shape index (κ3) is 6.94. The lowest BCUT2D eigenvalue weighted by Crippen LogP contribution is -2.30. The number of thioether (sulfide) groups is 1. The summed E-state index contributed by atoms with van der Waals surface area (Å²) in [6, 6.07) is -0.693. The molecule has 0 heterocycles. The molecule has 72 valence electrons. The zero-order chi connectivity index (χ0) is 9.40. The van der Waals surface area contributed by atoms with Crippen LogP contribution in [-0.2, 0) is 4.79 Å². The van der Waals surface area contributed by atoms with E-state index in [2.05, 4.69) is 15.9 Å². The average Bonchev–Trinajstić information content (AvgIpc) is 2.03. The van der Waals surface area contributed by atoms with Gasteiger partial charge < -0.3 is 10.8 Å². The van der Waals surface area contributed by atoms with Crippen molar-refractivity contribution >= 4 is 33.7 Å². The molecule has 0 rings (SSSR count). The molecule has 3 N–H and O–H groups in total. The van der Waals surface area contributed by atoms with Gasteiger partial charge in [0, 0.05) is 5.33 Å². The Kier molecular flexibility index (Phi) is 8.06. The van der Waals surface area contributed by atoms with Crippen molar-refractivity contribution in [2.75, 3.05) is 16.8 Å². The molecule has 0 spiro atoms. The summed E-state index contributed by atoms with van der Waals surface area (Å²) in [4.78, 5) is 10.3. The maximum Gasteiger partial charge on any atom is 0.320 e. The van der Waals surface area contributed by atoms with Gasteiger partial charge in [-0.1, -0.05) is 15.9 Å². The second kappa shape index (κ2) is 7.89. The van der Waals surface area contributed by atoms with E-state index in [4.69, 9.17) is 10.8 Å². The van der Waals surface area contributed by atoms with Crippen LogP contribution in [-0.4, -0.2) is 34.0 Å². The van der Waals surface area contributed by atoms with Crippen LogP contribution in [0.25, 0.3) is 0 Å². The summed E-state index contributed by atoms with van der Waals surface area (Å²) in [6.45, 7) is 0. The largest absolute Gasteiger partial charge is 0.480 e. The molecule has 5 heteroatoms. The number of hydrogen-bond donors (Lipinski definition) is 2. The Morgan fingerprint density at radius 2 is 2.25 bits per heavy atom. The number of rotatable bonds is 7. The van der Waals surface area contributed by atoms with Crippen molar-refractivity contribution in [3.8, 4) is 0 Å². The lowest BCUT2D eigenvalue weighted by molar-refractivity contribution is -0.138. The van der Waals surface area contributed by atoms with Crippen LogP contribution in [0, 0.1) is 0 Å². The van der Waals surface area contributed by atoms with Gasteiger partial charge in [-0.3, -0.25) is 4.79 Å². The van der Waals surface area contributed by atoms with E-state index in [0.29, 0.717) is 6.42 Å². The van der Waals surface area contributed by atoms with Crippen molar-refractivity contribution < 1.29 is 9.90 Å². The van der Waals surface area contributed by atoms with Crippen LogP contribution in [0.4, 0.5) is 0 Å². The van der Waals surface area contributed by atoms with Gasteiger partial charge in [-0.15, -0.1) is 0 Å². The van der Waals surface area contributed by atoms with Gasteiger partial charge >= 0.3 is 5.97 Å². The summed E-state index contributed by atoms with van der Waals surface area (Å²) in [5.41, 5.74) is 5.31. The monoisotopic (exact) mass is 255 g/mol. The van der Waals surface area contributed by atoms with Crippen LogP contribution >= 0.6 is 27.7 Å². The summed E-state index contributed by atoms with van der Waals surface area (Å²) in [7, 11) is 0. The molecule has 0 radical (unpaired) electrons. The molecular formula is C7H14BrNO2S. The molecule has 0 aromatic heterocycles. The quantitative estimate of drug-likeness (QED) is 0.532. The van der Waals surface area contributed by atoms with Gasteiger partial charge in [-0.2, -0.15) is 11.8 Å². The fourth-order valence-corrected chi connectivity index (χ4v) is 2.22. The number of nitrogens with two attached hydrogens (primary N) is 1. The Morgan fingerprint density at radius 3 is 2.75 bits per heavy atom. The second-order valence-electron chi connectivity index (χ2n) is 2.39. The Hall–Kier alpha value is 0.260. The molecule has 0 aliphatic rings. The summed E-state index contributed by atoms with van der Waals surface area (Å²) in [6.07, 6.45) is 1.68. The Morgan fingerprint density at radius 1 is 1.58 bits per heavy atom. The van der Waals surface area contributed by atoms with Crippen LogP contribution < -0.4 is 5.73 Å². The number of carboxylic acids is 1. The van der Waals surface area contributed by atoms with E-state index in [9.17, 15) is 4.79 Å². The molecule has 0 saturated carbocycles. The van der Waals surface area contributed by atoms with Gasteiger partial charge in [-0.05, 0) is 24.3 Å². The molecule has 12 heavy (non-hydrogen) atoms. The zero-order valence-electron chi connectivity index (χ0n) is 6.83. The molecule has 0 aromatic carbocycles. The number of carboxylic acid groups (broad SMARTS) is 1. The molecule has 1 unspecified atom stereocenters. The average molecular weight is 256 g/mol. The van der Waals surface area contributed by atoms with Gasteiger partial charge in [0.2, 0.25) is 0 Å². The normalized spacial score (nSPS) is 12.8. The highest BCUT2D eigenvalue weighted by molar-refractivity contribution is 9.09. The van der Waals surface area contributed by atoms with Gasteiger partial charge in [0.15, 0.2) is 0 Å². The van der Waals surface area contributed by atoms with E-state index < -0.39 is 12.0 Å². The summed E-state index contributed by atoms with van der Waals surface area (Å²) < 4.78 is 0. The highest BCUT2D eigenvalue weighted by Crippen LogP contribution is 2.06. The second-order valence-corrected chi connectivity index (χ2v) is 4.41. The molecule has 0 fully saturated rings. The van der Waals surface area contributed by atoms with Crippen LogP contribution in [0.3, 0.4) is 0 Å². The number of hydrogen-bond acceptors (Lipinski definition) is 3. The van der Waals surface area contributed by atoms with E-state index >= 15 is 0 Å². The first kappa shape index (κ1) is 12.3. The summed E-state index contributed by atoms with van der Waals surface area (Å²) >= 11 is 5.07. The maximum absolute atomic E-state index is 10.3. The van der Waals surface area contributed by atoms with Gasteiger partial charge in [0.05, 0.1) is 0 Å². The fraction of sp³-hybridized carbons (Fsp3) is 0.857. The van der Waals surface area contributed by atoms with Crippen LogP contribution in [0.15, 0.2) is 0 Å². The standard InChI is InChI=1S/C7H14BrNO2S/c8-3-1-4-12-5-2-6(9)7(10)11/h6H,1-5,9H2,(H,10,11). The lowest BCUT2D eigenvalue weighted by atomic mass is 10.2. The van der Waals surface area contributed by atoms with Crippen LogP contribution in [0.2, 0.25) is 0 Å². The van der Waals surface area contributed by atoms with E-state index in [0.717, 1.165) is 23.3 Å². The van der Waals surface area contributed by atoms with Crippen molar-refractivity contribution in [1.82, 2.24) is 0 Å². The number of aliphatic carboxylic acids is 1. The topological polar surface area (TPSA) is 63.3 Å². The third-order valence-corrected chi connectivity index (χ3v) is 2.98. The summed E-state index contributed by atoms with van der Waals surface area (Å²) in [5.74, 6) is 0.994. The Balaban J connectivity index is 3.14. The molecule has 0 bridgehead atoms. The number of halogens is 1. The lowest BCUT2D eigenvalue weighted by Gasteiger charge is -2.04. The Labute approximate surface area is 85.2 Å².